The first-order valence-corrected chi connectivity index (χ1v) is 11.1. The van der Waals surface area contributed by atoms with Gasteiger partial charge >= 0.3 is 0 Å². The van der Waals surface area contributed by atoms with E-state index in [1.807, 2.05) is 13.0 Å². The van der Waals surface area contributed by atoms with Crippen molar-refractivity contribution in [1.29, 1.82) is 0 Å². The van der Waals surface area contributed by atoms with E-state index in [0.717, 1.165) is 18.5 Å². The van der Waals surface area contributed by atoms with Gasteiger partial charge in [-0.3, -0.25) is 5.10 Å². The summed E-state index contributed by atoms with van der Waals surface area (Å²) >= 11 is 0. The van der Waals surface area contributed by atoms with Crippen LogP contribution in [0.25, 0.3) is 0 Å². The van der Waals surface area contributed by atoms with Crippen LogP contribution >= 0.6 is 0 Å². The van der Waals surface area contributed by atoms with Crippen LogP contribution in [0.15, 0.2) is 41.3 Å². The number of hydrogen-bond donors (Lipinski definition) is 3. The Labute approximate surface area is 168 Å². The SMILES string of the molecule is CCCCN(CC(O)CNc1cc(C(C)(C)C)[nH]n1)S(=O)(=O)c1ccccc1. The molecule has 0 fully saturated rings. The van der Waals surface area contributed by atoms with Crippen LogP contribution in [-0.4, -0.2) is 53.8 Å². The van der Waals surface area contributed by atoms with Gasteiger partial charge in [-0.1, -0.05) is 52.3 Å². The minimum Gasteiger partial charge on any atom is -0.390 e. The van der Waals surface area contributed by atoms with Crippen LogP contribution < -0.4 is 5.32 Å². The summed E-state index contributed by atoms with van der Waals surface area (Å²) in [7, 11) is -3.64. The number of nitrogens with one attached hydrogen (secondary N) is 2. The van der Waals surface area contributed by atoms with Crippen LogP contribution in [0, 0.1) is 0 Å². The highest BCUT2D eigenvalue weighted by Gasteiger charge is 2.26. The molecular formula is C20H32N4O3S. The average molecular weight is 409 g/mol. The highest BCUT2D eigenvalue weighted by molar-refractivity contribution is 7.89. The molecule has 0 bridgehead atoms. The molecule has 28 heavy (non-hydrogen) atoms. The minimum atomic E-state index is -3.64. The molecule has 0 aliphatic carbocycles. The number of nitrogens with zero attached hydrogens (tertiary/aromatic N) is 2. The van der Waals surface area contributed by atoms with Crippen LogP contribution in [0.5, 0.6) is 0 Å². The summed E-state index contributed by atoms with van der Waals surface area (Å²) in [5.41, 5.74) is 0.937. The predicted molar refractivity (Wildman–Crippen MR) is 112 cm³/mol. The van der Waals surface area contributed by atoms with Gasteiger partial charge in [-0.15, -0.1) is 0 Å². The van der Waals surface area contributed by atoms with Crippen LogP contribution in [-0.2, 0) is 15.4 Å². The molecule has 2 aromatic rings. The second kappa shape index (κ2) is 9.54. The molecule has 156 valence electrons. The molecule has 0 aliphatic rings. The quantitative estimate of drug-likeness (QED) is 0.561. The van der Waals surface area contributed by atoms with Crippen LogP contribution in [0.3, 0.4) is 0 Å². The van der Waals surface area contributed by atoms with Crippen molar-refractivity contribution in [3.05, 3.63) is 42.1 Å². The molecule has 1 heterocycles. The van der Waals surface area contributed by atoms with E-state index < -0.39 is 16.1 Å². The summed E-state index contributed by atoms with van der Waals surface area (Å²) in [6, 6.07) is 10.2. The van der Waals surface area contributed by atoms with Crippen molar-refractivity contribution < 1.29 is 13.5 Å². The summed E-state index contributed by atoms with van der Waals surface area (Å²) in [5.74, 6) is 0.634. The van der Waals surface area contributed by atoms with Gasteiger partial charge in [0.1, 0.15) is 5.82 Å². The van der Waals surface area contributed by atoms with E-state index in [-0.39, 0.29) is 23.4 Å². The number of aromatic nitrogens is 2. The first kappa shape index (κ1) is 22.4. The Morgan fingerprint density at radius 2 is 1.93 bits per heavy atom. The lowest BCUT2D eigenvalue weighted by Gasteiger charge is -2.25. The lowest BCUT2D eigenvalue weighted by Crippen LogP contribution is -2.40. The van der Waals surface area contributed by atoms with Gasteiger partial charge in [0.2, 0.25) is 10.0 Å². The van der Waals surface area contributed by atoms with E-state index in [0.29, 0.717) is 12.4 Å². The fourth-order valence-electron chi connectivity index (χ4n) is 2.70. The number of aromatic amines is 1. The van der Waals surface area contributed by atoms with E-state index in [2.05, 4.69) is 36.3 Å². The van der Waals surface area contributed by atoms with Crippen molar-refractivity contribution in [3.63, 3.8) is 0 Å². The molecule has 0 radical (unpaired) electrons. The smallest absolute Gasteiger partial charge is 0.243 e. The maximum atomic E-state index is 12.9. The van der Waals surface area contributed by atoms with Crippen molar-refractivity contribution in [1.82, 2.24) is 14.5 Å². The largest absolute Gasteiger partial charge is 0.390 e. The predicted octanol–water partition coefficient (Wildman–Crippen LogP) is 2.97. The number of anilines is 1. The maximum Gasteiger partial charge on any atom is 0.243 e. The number of aliphatic hydroxyl groups is 1. The molecule has 0 saturated heterocycles. The number of H-pyrrole nitrogens is 1. The van der Waals surface area contributed by atoms with Gasteiger partial charge in [0.05, 0.1) is 11.0 Å². The van der Waals surface area contributed by atoms with E-state index in [9.17, 15) is 13.5 Å². The zero-order valence-corrected chi connectivity index (χ0v) is 18.0. The molecule has 1 atom stereocenters. The second-order valence-electron chi connectivity index (χ2n) is 7.98. The average Bonchev–Trinajstić information content (AvgIpc) is 3.13. The van der Waals surface area contributed by atoms with Gasteiger partial charge in [0.25, 0.3) is 0 Å². The summed E-state index contributed by atoms with van der Waals surface area (Å²) in [6.45, 7) is 8.87. The number of hydrogen-bond acceptors (Lipinski definition) is 5. The third-order valence-corrected chi connectivity index (χ3v) is 6.34. The van der Waals surface area contributed by atoms with Gasteiger partial charge in [-0.25, -0.2) is 8.42 Å². The second-order valence-corrected chi connectivity index (χ2v) is 9.92. The maximum absolute atomic E-state index is 12.9. The Balaban J connectivity index is 2.02. The van der Waals surface area contributed by atoms with E-state index in [4.69, 9.17) is 0 Å². The number of rotatable bonds is 10. The molecule has 1 aromatic carbocycles. The molecule has 0 aliphatic heterocycles. The molecule has 1 unspecified atom stereocenters. The minimum absolute atomic E-state index is 0.0286. The Bertz CT molecular complexity index is 829. The lowest BCUT2D eigenvalue weighted by molar-refractivity contribution is 0.156. The van der Waals surface area contributed by atoms with E-state index in [1.165, 1.54) is 4.31 Å². The molecule has 3 N–H and O–H groups in total. The first-order chi connectivity index (χ1) is 13.1. The number of benzene rings is 1. The summed E-state index contributed by atoms with van der Waals surface area (Å²) in [4.78, 5) is 0.244. The Morgan fingerprint density at radius 1 is 1.25 bits per heavy atom. The molecular weight excluding hydrogens is 376 g/mol. The van der Waals surface area contributed by atoms with Crippen LogP contribution in [0.1, 0.15) is 46.2 Å². The van der Waals surface area contributed by atoms with Crippen molar-refractivity contribution in [2.24, 2.45) is 0 Å². The zero-order valence-electron chi connectivity index (χ0n) is 17.1. The van der Waals surface area contributed by atoms with Gasteiger partial charge in [0, 0.05) is 36.8 Å². The van der Waals surface area contributed by atoms with Crippen LogP contribution in [0.4, 0.5) is 5.82 Å². The number of aliphatic hydroxyl groups excluding tert-OH is 1. The molecule has 1 aromatic heterocycles. The van der Waals surface area contributed by atoms with Gasteiger partial charge in [-0.2, -0.15) is 9.40 Å². The van der Waals surface area contributed by atoms with Crippen LogP contribution in [0.2, 0.25) is 0 Å². The van der Waals surface area contributed by atoms with Gasteiger partial charge < -0.3 is 10.4 Å². The fourth-order valence-corrected chi connectivity index (χ4v) is 4.24. The van der Waals surface area contributed by atoms with Crippen molar-refractivity contribution in [2.45, 2.75) is 57.0 Å². The summed E-state index contributed by atoms with van der Waals surface area (Å²) in [5, 5.41) is 20.7. The Hall–Kier alpha value is -1.90. The molecule has 0 spiro atoms. The molecule has 0 amide bonds. The van der Waals surface area contributed by atoms with Gasteiger partial charge in [-0.05, 0) is 18.6 Å². The van der Waals surface area contributed by atoms with Crippen molar-refractivity contribution >= 4 is 15.8 Å². The third-order valence-electron chi connectivity index (χ3n) is 4.46. The Morgan fingerprint density at radius 3 is 2.50 bits per heavy atom. The topological polar surface area (TPSA) is 98.3 Å². The Kier molecular flexibility index (Phi) is 7.63. The summed E-state index contributed by atoms with van der Waals surface area (Å²) in [6.07, 6.45) is 0.753. The van der Waals surface area contributed by atoms with Crippen molar-refractivity contribution in [2.75, 3.05) is 25.0 Å². The third kappa shape index (κ3) is 6.05. The first-order valence-electron chi connectivity index (χ1n) is 9.67. The lowest BCUT2D eigenvalue weighted by atomic mass is 9.92. The molecule has 7 nitrogen and oxygen atoms in total. The molecule has 8 heteroatoms. The normalized spacial score (nSPS) is 13.6. The standard InChI is InChI=1S/C20H32N4O3S/c1-5-6-12-24(28(26,27)17-10-8-7-9-11-17)15-16(25)14-21-19-13-18(22-23-19)20(2,3)4/h7-11,13,16,25H,5-6,12,14-15H2,1-4H3,(H2,21,22,23). The zero-order chi connectivity index (χ0) is 20.8. The molecule has 0 saturated carbocycles. The van der Waals surface area contributed by atoms with E-state index >= 15 is 0 Å². The van der Waals surface area contributed by atoms with Crippen molar-refractivity contribution in [3.8, 4) is 0 Å². The monoisotopic (exact) mass is 408 g/mol. The highest BCUT2D eigenvalue weighted by Crippen LogP contribution is 2.22. The fraction of sp³-hybridized carbons (Fsp3) is 0.550. The number of sulfonamides is 1. The highest BCUT2D eigenvalue weighted by atomic mass is 32.2. The van der Waals surface area contributed by atoms with Gasteiger partial charge in [0.15, 0.2) is 0 Å². The summed E-state index contributed by atoms with van der Waals surface area (Å²) < 4.78 is 27.2. The molecule has 2 rings (SSSR count). The van der Waals surface area contributed by atoms with E-state index in [1.54, 1.807) is 30.3 Å². The number of unbranched alkanes of at least 4 members (excludes halogenated alkanes) is 1.